The van der Waals surface area contributed by atoms with Crippen molar-refractivity contribution in [3.8, 4) is 5.75 Å². The monoisotopic (exact) mass is 260 g/mol. The largest absolute Gasteiger partial charge is 0.492 e. The van der Waals surface area contributed by atoms with Crippen molar-refractivity contribution in [3.05, 3.63) is 42.2 Å². The molecule has 2 N–H and O–H groups in total. The highest BCUT2D eigenvalue weighted by molar-refractivity contribution is 5.20. The van der Waals surface area contributed by atoms with E-state index in [4.69, 9.17) is 10.5 Å². The Hall–Kier alpha value is -1.88. The van der Waals surface area contributed by atoms with Gasteiger partial charge in [0, 0.05) is 44.0 Å². The first kappa shape index (κ1) is 13.5. The first-order chi connectivity index (χ1) is 9.15. The number of aryl methyl sites for hydroxylation is 1. The number of rotatable bonds is 6. The zero-order chi connectivity index (χ0) is 13.7. The molecule has 0 fully saturated rings. The third kappa shape index (κ3) is 4.06. The summed E-state index contributed by atoms with van der Waals surface area (Å²) in [6.07, 6.45) is 7.04. The van der Waals surface area contributed by atoms with Gasteiger partial charge < -0.3 is 15.0 Å². The van der Waals surface area contributed by atoms with Crippen LogP contribution in [0.25, 0.3) is 0 Å². The molecule has 5 heteroatoms. The van der Waals surface area contributed by atoms with E-state index in [2.05, 4.69) is 9.97 Å². The molecule has 0 amide bonds. The number of ether oxygens (including phenoxy) is 1. The number of pyridine rings is 1. The summed E-state index contributed by atoms with van der Waals surface area (Å²) >= 11 is 0. The standard InChI is InChI=1S/C14H20N4O/c1-11(15)9-12-3-4-13(10-17-12)19-8-5-14-16-6-7-18(14)2/h3-4,6-7,10-11H,5,8-9,15H2,1-2H3. The van der Waals surface area contributed by atoms with E-state index in [1.165, 1.54) is 0 Å². The van der Waals surface area contributed by atoms with E-state index in [1.54, 1.807) is 12.4 Å². The van der Waals surface area contributed by atoms with Crippen LogP contribution in [0.1, 0.15) is 18.4 Å². The smallest absolute Gasteiger partial charge is 0.137 e. The summed E-state index contributed by atoms with van der Waals surface area (Å²) in [5.41, 5.74) is 6.72. The highest BCUT2D eigenvalue weighted by atomic mass is 16.5. The Kier molecular flexibility index (Phi) is 4.52. The lowest BCUT2D eigenvalue weighted by atomic mass is 10.2. The Balaban J connectivity index is 1.81. The molecule has 5 nitrogen and oxygen atoms in total. The van der Waals surface area contributed by atoms with Crippen LogP contribution in [-0.4, -0.2) is 27.2 Å². The normalized spacial score (nSPS) is 12.4. The fourth-order valence-electron chi connectivity index (χ4n) is 1.84. The molecule has 2 aromatic rings. The minimum atomic E-state index is 0.127. The van der Waals surface area contributed by atoms with Crippen LogP contribution >= 0.6 is 0 Å². The molecular weight excluding hydrogens is 240 g/mol. The first-order valence-electron chi connectivity index (χ1n) is 6.44. The van der Waals surface area contributed by atoms with Crippen LogP contribution in [0.4, 0.5) is 0 Å². The summed E-state index contributed by atoms with van der Waals surface area (Å²) in [6.45, 7) is 2.57. The van der Waals surface area contributed by atoms with Crippen molar-refractivity contribution in [3.63, 3.8) is 0 Å². The summed E-state index contributed by atoms with van der Waals surface area (Å²) in [4.78, 5) is 8.57. The molecule has 2 rings (SSSR count). The number of hydrogen-bond acceptors (Lipinski definition) is 4. The lowest BCUT2D eigenvalue weighted by Crippen LogP contribution is -2.18. The van der Waals surface area contributed by atoms with Gasteiger partial charge in [0.2, 0.25) is 0 Å². The minimum Gasteiger partial charge on any atom is -0.492 e. The van der Waals surface area contributed by atoms with Crippen LogP contribution in [0.5, 0.6) is 5.75 Å². The Bertz CT molecular complexity index is 504. The fraction of sp³-hybridized carbons (Fsp3) is 0.429. The highest BCUT2D eigenvalue weighted by Gasteiger charge is 2.02. The van der Waals surface area contributed by atoms with Crippen molar-refractivity contribution < 1.29 is 4.74 Å². The summed E-state index contributed by atoms with van der Waals surface area (Å²) in [6, 6.07) is 4.02. The number of nitrogens with zero attached hydrogens (tertiary/aromatic N) is 3. The van der Waals surface area contributed by atoms with Gasteiger partial charge in [-0.1, -0.05) is 0 Å². The quantitative estimate of drug-likeness (QED) is 0.851. The maximum absolute atomic E-state index is 5.73. The van der Waals surface area contributed by atoms with Gasteiger partial charge in [0.15, 0.2) is 0 Å². The van der Waals surface area contributed by atoms with Crippen molar-refractivity contribution in [2.45, 2.75) is 25.8 Å². The van der Waals surface area contributed by atoms with Crippen LogP contribution in [0.2, 0.25) is 0 Å². The van der Waals surface area contributed by atoms with Gasteiger partial charge in [-0.2, -0.15) is 0 Å². The fourth-order valence-corrected chi connectivity index (χ4v) is 1.84. The predicted octanol–water partition coefficient (Wildman–Crippen LogP) is 1.33. The molecule has 0 aliphatic carbocycles. The molecule has 0 aliphatic rings. The predicted molar refractivity (Wildman–Crippen MR) is 74.0 cm³/mol. The van der Waals surface area contributed by atoms with Crippen LogP contribution in [0, 0.1) is 0 Å². The molecule has 1 atom stereocenters. The van der Waals surface area contributed by atoms with E-state index in [0.29, 0.717) is 6.61 Å². The third-order valence-corrected chi connectivity index (χ3v) is 2.84. The molecule has 0 spiro atoms. The second-order valence-corrected chi connectivity index (χ2v) is 4.72. The Morgan fingerprint density at radius 3 is 2.79 bits per heavy atom. The van der Waals surface area contributed by atoms with E-state index >= 15 is 0 Å². The lowest BCUT2D eigenvalue weighted by molar-refractivity contribution is 0.316. The van der Waals surface area contributed by atoms with E-state index < -0.39 is 0 Å². The van der Waals surface area contributed by atoms with Gasteiger partial charge >= 0.3 is 0 Å². The van der Waals surface area contributed by atoms with Crippen LogP contribution in [-0.2, 0) is 19.9 Å². The first-order valence-corrected chi connectivity index (χ1v) is 6.44. The maximum Gasteiger partial charge on any atom is 0.137 e. The molecule has 0 radical (unpaired) electrons. The molecule has 0 bridgehead atoms. The zero-order valence-electron chi connectivity index (χ0n) is 11.4. The van der Waals surface area contributed by atoms with Crippen molar-refractivity contribution in [2.24, 2.45) is 12.8 Å². The molecule has 19 heavy (non-hydrogen) atoms. The molecule has 1 unspecified atom stereocenters. The molecule has 102 valence electrons. The van der Waals surface area contributed by atoms with E-state index in [-0.39, 0.29) is 6.04 Å². The van der Waals surface area contributed by atoms with Gasteiger partial charge in [-0.3, -0.25) is 4.98 Å². The van der Waals surface area contributed by atoms with Crippen LogP contribution in [0.3, 0.4) is 0 Å². The molecular formula is C14H20N4O. The van der Waals surface area contributed by atoms with E-state index in [9.17, 15) is 0 Å². The van der Waals surface area contributed by atoms with Gasteiger partial charge in [-0.15, -0.1) is 0 Å². The SMILES string of the molecule is CC(N)Cc1ccc(OCCc2nccn2C)cn1. The number of hydrogen-bond donors (Lipinski definition) is 1. The number of nitrogens with two attached hydrogens (primary N) is 1. The Labute approximate surface area is 113 Å². The van der Waals surface area contributed by atoms with E-state index in [1.807, 2.05) is 36.9 Å². The van der Waals surface area contributed by atoms with Gasteiger partial charge in [0.05, 0.1) is 12.8 Å². The van der Waals surface area contributed by atoms with Crippen molar-refractivity contribution in [1.82, 2.24) is 14.5 Å². The lowest BCUT2D eigenvalue weighted by Gasteiger charge is -2.08. The second kappa shape index (κ2) is 6.33. The Morgan fingerprint density at radius 1 is 1.37 bits per heavy atom. The number of aromatic nitrogens is 3. The van der Waals surface area contributed by atoms with Gasteiger partial charge in [-0.05, 0) is 19.1 Å². The van der Waals surface area contributed by atoms with E-state index in [0.717, 1.165) is 30.1 Å². The maximum atomic E-state index is 5.73. The third-order valence-electron chi connectivity index (χ3n) is 2.84. The minimum absolute atomic E-state index is 0.127. The topological polar surface area (TPSA) is 66.0 Å². The highest BCUT2D eigenvalue weighted by Crippen LogP contribution is 2.10. The summed E-state index contributed by atoms with van der Waals surface area (Å²) in [5.74, 6) is 1.80. The van der Waals surface area contributed by atoms with Gasteiger partial charge in [0.1, 0.15) is 11.6 Å². The summed E-state index contributed by atoms with van der Waals surface area (Å²) in [7, 11) is 1.98. The molecule has 0 aliphatic heterocycles. The average Bonchev–Trinajstić information content (AvgIpc) is 2.77. The average molecular weight is 260 g/mol. The molecule has 0 aromatic carbocycles. The van der Waals surface area contributed by atoms with Crippen molar-refractivity contribution >= 4 is 0 Å². The molecule has 2 aromatic heterocycles. The van der Waals surface area contributed by atoms with Crippen molar-refractivity contribution in [2.75, 3.05) is 6.61 Å². The summed E-state index contributed by atoms with van der Waals surface area (Å²) < 4.78 is 7.64. The van der Waals surface area contributed by atoms with Crippen LogP contribution < -0.4 is 10.5 Å². The van der Waals surface area contributed by atoms with Crippen LogP contribution in [0.15, 0.2) is 30.7 Å². The zero-order valence-corrected chi connectivity index (χ0v) is 11.4. The van der Waals surface area contributed by atoms with Gasteiger partial charge in [0.25, 0.3) is 0 Å². The summed E-state index contributed by atoms with van der Waals surface area (Å²) in [5, 5.41) is 0. The number of imidazole rings is 1. The van der Waals surface area contributed by atoms with Gasteiger partial charge in [-0.25, -0.2) is 4.98 Å². The Morgan fingerprint density at radius 2 is 2.21 bits per heavy atom. The van der Waals surface area contributed by atoms with Crippen molar-refractivity contribution in [1.29, 1.82) is 0 Å². The molecule has 0 saturated carbocycles. The molecule has 2 heterocycles. The second-order valence-electron chi connectivity index (χ2n) is 4.72. The molecule has 0 saturated heterocycles.